The van der Waals surface area contributed by atoms with Gasteiger partial charge in [-0.2, -0.15) is 0 Å². The van der Waals surface area contributed by atoms with Gasteiger partial charge in [0.05, 0.1) is 6.10 Å². The second-order valence-electron chi connectivity index (χ2n) is 4.93. The number of para-hydroxylation sites is 1. The normalized spacial score (nSPS) is 23.7. The highest BCUT2D eigenvalue weighted by Crippen LogP contribution is 2.22. The third kappa shape index (κ3) is 4.82. The first-order valence-corrected chi connectivity index (χ1v) is 6.98. The van der Waals surface area contributed by atoms with Gasteiger partial charge in [-0.1, -0.05) is 18.2 Å². The van der Waals surface area contributed by atoms with Crippen molar-refractivity contribution in [2.45, 2.75) is 38.0 Å². The van der Waals surface area contributed by atoms with Crippen molar-refractivity contribution in [1.82, 2.24) is 5.32 Å². The average molecular weight is 265 g/mol. The summed E-state index contributed by atoms with van der Waals surface area (Å²) in [7, 11) is 0. The van der Waals surface area contributed by atoms with E-state index in [1.807, 2.05) is 37.3 Å². The lowest BCUT2D eigenvalue weighted by atomic mass is 9.89. The molecule has 1 aliphatic carbocycles. The van der Waals surface area contributed by atoms with Gasteiger partial charge in [0.25, 0.3) is 0 Å². The van der Waals surface area contributed by atoms with E-state index < -0.39 is 6.10 Å². The van der Waals surface area contributed by atoms with E-state index >= 15 is 0 Å². The van der Waals surface area contributed by atoms with Crippen molar-refractivity contribution in [2.24, 2.45) is 0 Å². The summed E-state index contributed by atoms with van der Waals surface area (Å²) < 4.78 is 11.0. The third-order valence-corrected chi connectivity index (χ3v) is 3.32. The molecule has 4 heteroatoms. The third-order valence-electron chi connectivity index (χ3n) is 3.32. The molecule has 0 spiro atoms. The van der Waals surface area contributed by atoms with Crippen LogP contribution in [0, 0.1) is 0 Å². The molecule has 1 unspecified atom stereocenters. The lowest BCUT2D eigenvalue weighted by Gasteiger charge is -2.36. The Kier molecular flexibility index (Phi) is 5.63. The van der Waals surface area contributed by atoms with Gasteiger partial charge >= 0.3 is 0 Å². The molecular weight excluding hydrogens is 242 g/mol. The predicted molar refractivity (Wildman–Crippen MR) is 74.4 cm³/mol. The maximum atomic E-state index is 9.83. The molecule has 0 amide bonds. The molecule has 0 radical (unpaired) electrons. The summed E-state index contributed by atoms with van der Waals surface area (Å²) in [5.74, 6) is 0.793. The van der Waals surface area contributed by atoms with Gasteiger partial charge in [0.2, 0.25) is 0 Å². The molecule has 1 fully saturated rings. The smallest absolute Gasteiger partial charge is 0.119 e. The van der Waals surface area contributed by atoms with Gasteiger partial charge in [0.15, 0.2) is 0 Å². The Hall–Kier alpha value is -1.10. The number of rotatable bonds is 8. The zero-order valence-electron chi connectivity index (χ0n) is 11.4. The Morgan fingerprint density at radius 2 is 2.05 bits per heavy atom. The van der Waals surface area contributed by atoms with Gasteiger partial charge in [0, 0.05) is 19.2 Å². The summed E-state index contributed by atoms with van der Waals surface area (Å²) in [5.41, 5.74) is 0. The molecule has 1 saturated carbocycles. The molecule has 1 aliphatic rings. The number of aliphatic hydroxyl groups is 1. The Balaban J connectivity index is 1.54. The molecule has 0 saturated heterocycles. The molecule has 0 bridgehead atoms. The maximum Gasteiger partial charge on any atom is 0.119 e. The molecule has 0 heterocycles. The average Bonchev–Trinajstić information content (AvgIpc) is 2.40. The van der Waals surface area contributed by atoms with Gasteiger partial charge in [-0.3, -0.25) is 0 Å². The van der Waals surface area contributed by atoms with Crippen molar-refractivity contribution in [3.63, 3.8) is 0 Å². The molecule has 2 rings (SSSR count). The zero-order valence-corrected chi connectivity index (χ0v) is 11.4. The van der Waals surface area contributed by atoms with Crippen LogP contribution in [0.15, 0.2) is 30.3 Å². The van der Waals surface area contributed by atoms with E-state index in [9.17, 15) is 5.11 Å². The monoisotopic (exact) mass is 265 g/mol. The van der Waals surface area contributed by atoms with Gasteiger partial charge in [-0.25, -0.2) is 0 Å². The molecule has 0 aromatic heterocycles. The number of nitrogens with one attached hydrogen (secondary N) is 1. The minimum atomic E-state index is -0.480. The maximum absolute atomic E-state index is 9.83. The second-order valence-corrected chi connectivity index (χ2v) is 4.93. The summed E-state index contributed by atoms with van der Waals surface area (Å²) in [6.07, 6.45) is 2.01. The van der Waals surface area contributed by atoms with E-state index in [-0.39, 0.29) is 0 Å². The molecule has 0 aliphatic heterocycles. The highest BCUT2D eigenvalue weighted by atomic mass is 16.5. The van der Waals surface area contributed by atoms with Crippen LogP contribution < -0.4 is 10.1 Å². The van der Waals surface area contributed by atoms with Crippen LogP contribution in [0.25, 0.3) is 0 Å². The molecule has 4 nitrogen and oxygen atoms in total. The topological polar surface area (TPSA) is 50.7 Å². The standard InChI is InChI=1S/C15H23NO3/c1-2-18-15-8-12(9-15)16-10-13(17)11-19-14-6-4-3-5-7-14/h3-7,12-13,15-17H,2,8-11H2,1H3. The van der Waals surface area contributed by atoms with Crippen molar-refractivity contribution in [3.8, 4) is 5.75 Å². The summed E-state index contributed by atoms with van der Waals surface area (Å²) in [4.78, 5) is 0. The summed E-state index contributed by atoms with van der Waals surface area (Å²) in [6, 6.07) is 10.0. The molecule has 1 aromatic rings. The molecule has 1 atom stereocenters. The van der Waals surface area contributed by atoms with E-state index in [1.54, 1.807) is 0 Å². The minimum absolute atomic E-state index is 0.318. The lowest BCUT2D eigenvalue weighted by Crippen LogP contribution is -2.48. The van der Waals surface area contributed by atoms with E-state index in [0.29, 0.717) is 25.3 Å². The van der Waals surface area contributed by atoms with Gasteiger partial charge in [0.1, 0.15) is 18.5 Å². The first-order chi connectivity index (χ1) is 9.28. The number of ether oxygens (including phenoxy) is 2. The second kappa shape index (κ2) is 7.48. The molecule has 19 heavy (non-hydrogen) atoms. The van der Waals surface area contributed by atoms with Crippen molar-refractivity contribution < 1.29 is 14.6 Å². The van der Waals surface area contributed by atoms with Gasteiger partial charge in [-0.15, -0.1) is 0 Å². The van der Waals surface area contributed by atoms with Gasteiger partial charge in [-0.05, 0) is 31.9 Å². The van der Waals surface area contributed by atoms with Crippen molar-refractivity contribution in [3.05, 3.63) is 30.3 Å². The summed E-state index contributed by atoms with van der Waals surface area (Å²) >= 11 is 0. The van der Waals surface area contributed by atoms with E-state index in [4.69, 9.17) is 9.47 Å². The first kappa shape index (κ1) is 14.3. The zero-order chi connectivity index (χ0) is 13.5. The first-order valence-electron chi connectivity index (χ1n) is 6.98. The SMILES string of the molecule is CCOC1CC(NCC(O)COc2ccccc2)C1. The minimum Gasteiger partial charge on any atom is -0.491 e. The highest BCUT2D eigenvalue weighted by Gasteiger charge is 2.29. The Bertz CT molecular complexity index is 352. The fourth-order valence-electron chi connectivity index (χ4n) is 2.17. The largest absolute Gasteiger partial charge is 0.491 e. The number of aliphatic hydroxyl groups excluding tert-OH is 1. The van der Waals surface area contributed by atoms with Crippen LogP contribution in [0.3, 0.4) is 0 Å². The van der Waals surface area contributed by atoms with Crippen molar-refractivity contribution in [2.75, 3.05) is 19.8 Å². The molecule has 1 aromatic carbocycles. The predicted octanol–water partition coefficient (Wildman–Crippen LogP) is 1.58. The quantitative estimate of drug-likeness (QED) is 0.749. The van der Waals surface area contributed by atoms with Crippen LogP contribution in [0.5, 0.6) is 5.75 Å². The number of hydrogen-bond acceptors (Lipinski definition) is 4. The van der Waals surface area contributed by atoms with Crippen molar-refractivity contribution >= 4 is 0 Å². The van der Waals surface area contributed by atoms with Crippen LogP contribution in [0.4, 0.5) is 0 Å². The Morgan fingerprint density at radius 1 is 1.32 bits per heavy atom. The molecule has 2 N–H and O–H groups in total. The Morgan fingerprint density at radius 3 is 2.74 bits per heavy atom. The number of hydrogen-bond donors (Lipinski definition) is 2. The molecule has 106 valence electrons. The van der Waals surface area contributed by atoms with Crippen LogP contribution >= 0.6 is 0 Å². The Labute approximate surface area is 114 Å². The lowest BCUT2D eigenvalue weighted by molar-refractivity contribution is -0.0134. The van der Waals surface area contributed by atoms with Crippen LogP contribution in [-0.4, -0.2) is 43.1 Å². The van der Waals surface area contributed by atoms with Gasteiger partial charge < -0.3 is 19.9 Å². The van der Waals surface area contributed by atoms with Crippen molar-refractivity contribution in [1.29, 1.82) is 0 Å². The summed E-state index contributed by atoms with van der Waals surface area (Å²) in [6.45, 7) is 3.69. The summed E-state index contributed by atoms with van der Waals surface area (Å²) in [5, 5.41) is 13.2. The molecular formula is C15H23NO3. The van der Waals surface area contributed by atoms with Crippen LogP contribution in [-0.2, 0) is 4.74 Å². The van der Waals surface area contributed by atoms with E-state index in [0.717, 1.165) is 25.2 Å². The van der Waals surface area contributed by atoms with Crippen LogP contribution in [0.1, 0.15) is 19.8 Å². The van der Waals surface area contributed by atoms with Crippen LogP contribution in [0.2, 0.25) is 0 Å². The van der Waals surface area contributed by atoms with E-state index in [1.165, 1.54) is 0 Å². The van der Waals surface area contributed by atoms with E-state index in [2.05, 4.69) is 5.32 Å². The fourth-order valence-corrected chi connectivity index (χ4v) is 2.17. The fraction of sp³-hybridized carbons (Fsp3) is 0.600. The highest BCUT2D eigenvalue weighted by molar-refractivity contribution is 5.20. The number of benzene rings is 1.